The van der Waals surface area contributed by atoms with Gasteiger partial charge in [-0.05, 0) is 35.9 Å². The van der Waals surface area contributed by atoms with Crippen LogP contribution in [0.3, 0.4) is 0 Å². The first-order chi connectivity index (χ1) is 8.29. The third kappa shape index (κ3) is 3.08. The molecule has 0 atom stereocenters. The smallest absolute Gasteiger partial charge is 0.123 e. The molecule has 0 unspecified atom stereocenters. The molecule has 3 heteroatoms. The summed E-state index contributed by atoms with van der Waals surface area (Å²) in [6, 6.07) is 16.3. The van der Waals surface area contributed by atoms with Gasteiger partial charge in [0.25, 0.3) is 0 Å². The van der Waals surface area contributed by atoms with Gasteiger partial charge in [0.15, 0.2) is 0 Å². The van der Waals surface area contributed by atoms with Crippen LogP contribution in [0.4, 0.5) is 4.39 Å². The Balaban J connectivity index is 2.24. The Labute approximate surface area is 104 Å². The number of rotatable bonds is 3. The van der Waals surface area contributed by atoms with E-state index < -0.39 is 0 Å². The molecule has 0 aromatic heterocycles. The maximum absolute atomic E-state index is 12.8. The molecule has 0 saturated heterocycles. The Hall–Kier alpha value is -1.79. The Morgan fingerprint density at radius 2 is 1.76 bits per heavy atom. The van der Waals surface area contributed by atoms with E-state index in [1.807, 2.05) is 24.3 Å². The molecular weight excluding hydrogens is 233 g/mol. The van der Waals surface area contributed by atoms with Crippen LogP contribution in [0, 0.1) is 17.1 Å². The zero-order valence-electron chi connectivity index (χ0n) is 9.06. The third-order valence-corrected chi connectivity index (χ3v) is 3.41. The third-order valence-electron chi connectivity index (χ3n) is 2.28. The quantitative estimate of drug-likeness (QED) is 0.812. The van der Waals surface area contributed by atoms with Crippen molar-refractivity contribution in [2.24, 2.45) is 0 Å². The summed E-state index contributed by atoms with van der Waals surface area (Å²) in [5.41, 5.74) is 1.00. The van der Waals surface area contributed by atoms with Crippen LogP contribution in [-0.2, 0) is 6.42 Å². The molecule has 2 rings (SSSR count). The lowest BCUT2D eigenvalue weighted by Gasteiger charge is -2.05. The van der Waals surface area contributed by atoms with E-state index in [0.29, 0.717) is 6.42 Å². The largest absolute Gasteiger partial charge is 0.207 e. The van der Waals surface area contributed by atoms with Gasteiger partial charge in [-0.15, -0.1) is 0 Å². The highest BCUT2D eigenvalue weighted by molar-refractivity contribution is 7.99. The lowest BCUT2D eigenvalue weighted by atomic mass is 10.2. The van der Waals surface area contributed by atoms with Gasteiger partial charge < -0.3 is 0 Å². The minimum absolute atomic E-state index is 0.236. The van der Waals surface area contributed by atoms with Crippen LogP contribution >= 0.6 is 11.8 Å². The average Bonchev–Trinajstić information content (AvgIpc) is 2.35. The van der Waals surface area contributed by atoms with Crippen molar-refractivity contribution in [2.45, 2.75) is 16.2 Å². The number of benzene rings is 2. The minimum atomic E-state index is -0.236. The molecule has 0 radical (unpaired) electrons. The zero-order valence-corrected chi connectivity index (χ0v) is 9.88. The van der Waals surface area contributed by atoms with Gasteiger partial charge >= 0.3 is 0 Å². The van der Waals surface area contributed by atoms with Gasteiger partial charge in [-0.25, -0.2) is 4.39 Å². The fourth-order valence-corrected chi connectivity index (χ4v) is 2.41. The van der Waals surface area contributed by atoms with E-state index in [2.05, 4.69) is 6.07 Å². The van der Waals surface area contributed by atoms with Crippen LogP contribution in [0.25, 0.3) is 0 Å². The number of nitriles is 1. The molecule has 0 aliphatic carbocycles. The van der Waals surface area contributed by atoms with Crippen molar-refractivity contribution in [1.82, 2.24) is 0 Å². The van der Waals surface area contributed by atoms with Gasteiger partial charge in [-0.2, -0.15) is 5.26 Å². The highest BCUT2D eigenvalue weighted by Gasteiger charge is 2.03. The first-order valence-electron chi connectivity index (χ1n) is 5.18. The lowest BCUT2D eigenvalue weighted by molar-refractivity contribution is 0.626. The Bertz CT molecular complexity index is 543. The predicted octanol–water partition coefficient (Wildman–Crippen LogP) is 4.04. The van der Waals surface area contributed by atoms with E-state index in [9.17, 15) is 4.39 Å². The van der Waals surface area contributed by atoms with Crippen LogP contribution < -0.4 is 0 Å². The van der Waals surface area contributed by atoms with E-state index in [1.54, 1.807) is 23.9 Å². The molecule has 17 heavy (non-hydrogen) atoms. The monoisotopic (exact) mass is 243 g/mol. The van der Waals surface area contributed by atoms with Gasteiger partial charge in [-0.1, -0.05) is 30.0 Å². The van der Waals surface area contributed by atoms with E-state index in [4.69, 9.17) is 5.26 Å². The molecule has 0 N–H and O–H groups in total. The number of nitrogens with zero attached hydrogens (tertiary/aromatic N) is 1. The van der Waals surface area contributed by atoms with Crippen LogP contribution in [0.1, 0.15) is 5.56 Å². The lowest BCUT2D eigenvalue weighted by Crippen LogP contribution is -1.85. The van der Waals surface area contributed by atoms with E-state index in [1.165, 1.54) is 12.1 Å². The van der Waals surface area contributed by atoms with Gasteiger partial charge in [0, 0.05) is 9.79 Å². The fourth-order valence-electron chi connectivity index (χ4n) is 1.46. The molecule has 2 aromatic rings. The molecule has 0 fully saturated rings. The summed E-state index contributed by atoms with van der Waals surface area (Å²) < 4.78 is 12.8. The van der Waals surface area contributed by atoms with Crippen molar-refractivity contribution in [3.05, 3.63) is 59.9 Å². The molecule has 0 heterocycles. The van der Waals surface area contributed by atoms with E-state index >= 15 is 0 Å². The Morgan fingerprint density at radius 1 is 1.06 bits per heavy atom. The van der Waals surface area contributed by atoms with Crippen LogP contribution in [0.2, 0.25) is 0 Å². The summed E-state index contributed by atoms with van der Waals surface area (Å²) in [5, 5.41) is 8.74. The van der Waals surface area contributed by atoms with Crippen molar-refractivity contribution in [2.75, 3.05) is 0 Å². The summed E-state index contributed by atoms with van der Waals surface area (Å²) in [5.74, 6) is -0.236. The SMILES string of the molecule is N#CCc1ccccc1Sc1ccc(F)cc1. The van der Waals surface area contributed by atoms with Crippen molar-refractivity contribution in [3.63, 3.8) is 0 Å². The van der Waals surface area contributed by atoms with Gasteiger partial charge in [0.2, 0.25) is 0 Å². The van der Waals surface area contributed by atoms with Crippen molar-refractivity contribution >= 4 is 11.8 Å². The zero-order chi connectivity index (χ0) is 12.1. The van der Waals surface area contributed by atoms with Gasteiger partial charge in [0.1, 0.15) is 5.82 Å². The van der Waals surface area contributed by atoms with E-state index in [0.717, 1.165) is 15.4 Å². The molecule has 0 saturated carbocycles. The first kappa shape index (κ1) is 11.7. The molecule has 0 amide bonds. The summed E-state index contributed by atoms with van der Waals surface area (Å²) in [6.07, 6.45) is 0.393. The summed E-state index contributed by atoms with van der Waals surface area (Å²) >= 11 is 1.55. The second kappa shape index (κ2) is 5.51. The molecular formula is C14H10FNS. The molecule has 84 valence electrons. The minimum Gasteiger partial charge on any atom is -0.207 e. The molecule has 0 aliphatic rings. The maximum Gasteiger partial charge on any atom is 0.123 e. The number of hydrogen-bond acceptors (Lipinski definition) is 2. The summed E-state index contributed by atoms with van der Waals surface area (Å²) in [4.78, 5) is 2.01. The van der Waals surface area contributed by atoms with Crippen LogP contribution in [-0.4, -0.2) is 0 Å². The maximum atomic E-state index is 12.8. The van der Waals surface area contributed by atoms with Gasteiger partial charge in [0.05, 0.1) is 12.5 Å². The number of hydrogen-bond donors (Lipinski definition) is 0. The normalized spacial score (nSPS) is 9.88. The average molecular weight is 243 g/mol. The Kier molecular flexibility index (Phi) is 3.79. The van der Waals surface area contributed by atoms with E-state index in [-0.39, 0.29) is 5.82 Å². The van der Waals surface area contributed by atoms with Crippen molar-refractivity contribution in [1.29, 1.82) is 5.26 Å². The van der Waals surface area contributed by atoms with Crippen LogP contribution in [0.5, 0.6) is 0 Å². The van der Waals surface area contributed by atoms with Crippen molar-refractivity contribution in [3.8, 4) is 6.07 Å². The summed E-state index contributed by atoms with van der Waals surface area (Å²) in [7, 11) is 0. The molecule has 0 bridgehead atoms. The molecule has 0 spiro atoms. The summed E-state index contributed by atoms with van der Waals surface area (Å²) in [6.45, 7) is 0. The fraction of sp³-hybridized carbons (Fsp3) is 0.0714. The molecule has 2 aromatic carbocycles. The highest BCUT2D eigenvalue weighted by atomic mass is 32.2. The molecule has 0 aliphatic heterocycles. The first-order valence-corrected chi connectivity index (χ1v) is 5.99. The van der Waals surface area contributed by atoms with Gasteiger partial charge in [-0.3, -0.25) is 0 Å². The molecule has 1 nitrogen and oxygen atoms in total. The highest BCUT2D eigenvalue weighted by Crippen LogP contribution is 2.30. The van der Waals surface area contributed by atoms with Crippen molar-refractivity contribution < 1.29 is 4.39 Å². The topological polar surface area (TPSA) is 23.8 Å². The standard InChI is InChI=1S/C14H10FNS/c15-12-5-7-13(8-6-12)17-14-4-2-1-3-11(14)9-10-16/h1-8H,9H2. The second-order valence-electron chi connectivity index (χ2n) is 3.50. The second-order valence-corrected chi connectivity index (χ2v) is 4.61. The van der Waals surface area contributed by atoms with Crippen LogP contribution in [0.15, 0.2) is 58.3 Å². The predicted molar refractivity (Wildman–Crippen MR) is 66.3 cm³/mol. The number of halogens is 1. The Morgan fingerprint density at radius 3 is 2.47 bits per heavy atom.